The maximum Gasteiger partial charge on any atom is 0.272 e. The minimum Gasteiger partial charge on any atom is -0.353 e. The van der Waals surface area contributed by atoms with Gasteiger partial charge >= 0.3 is 0 Å². The maximum absolute atomic E-state index is 14.6. The Bertz CT molecular complexity index is 1160. The number of carbonyl (C=O) groups excluding carboxylic acids is 2. The molecule has 1 aromatic carbocycles. The van der Waals surface area contributed by atoms with Gasteiger partial charge in [-0.3, -0.25) is 14.3 Å². The molecule has 1 aromatic heterocycles. The number of hydrogen-bond acceptors (Lipinski definition) is 4. The summed E-state index contributed by atoms with van der Waals surface area (Å²) >= 11 is 0. The number of likely N-dealkylation sites (tertiary alicyclic amines) is 1. The SMILES string of the molecule is CC(F)(F)c1ccccc1-c1cc(C(=O)NC(CCN2CCCCC2)CC(=O)NC2CCC2)nn1C1CCCC1. The van der Waals surface area contributed by atoms with Gasteiger partial charge in [-0.2, -0.15) is 5.10 Å². The van der Waals surface area contributed by atoms with Crippen LogP contribution in [0.4, 0.5) is 8.78 Å². The van der Waals surface area contributed by atoms with E-state index in [-0.39, 0.29) is 47.6 Å². The van der Waals surface area contributed by atoms with Gasteiger partial charge in [0.05, 0.1) is 11.7 Å². The molecular formula is C31H43F2N5O2. The summed E-state index contributed by atoms with van der Waals surface area (Å²) in [6.45, 7) is 3.82. The van der Waals surface area contributed by atoms with E-state index in [9.17, 15) is 18.4 Å². The van der Waals surface area contributed by atoms with Crippen LogP contribution in [0.5, 0.6) is 0 Å². The number of piperidine rings is 1. The monoisotopic (exact) mass is 555 g/mol. The largest absolute Gasteiger partial charge is 0.353 e. The summed E-state index contributed by atoms with van der Waals surface area (Å²) in [5.74, 6) is -3.43. The lowest BCUT2D eigenvalue weighted by Crippen LogP contribution is -2.45. The molecule has 1 aliphatic heterocycles. The fraction of sp³-hybridized carbons (Fsp3) is 0.645. The van der Waals surface area contributed by atoms with Crippen molar-refractivity contribution in [3.05, 3.63) is 41.6 Å². The van der Waals surface area contributed by atoms with Crippen LogP contribution in [0.25, 0.3) is 11.3 Å². The Balaban J connectivity index is 1.37. The lowest BCUT2D eigenvalue weighted by molar-refractivity contribution is -0.122. The van der Waals surface area contributed by atoms with Crippen LogP contribution >= 0.6 is 0 Å². The van der Waals surface area contributed by atoms with E-state index in [1.165, 1.54) is 25.3 Å². The summed E-state index contributed by atoms with van der Waals surface area (Å²) in [7, 11) is 0. The molecule has 3 fully saturated rings. The number of amides is 2. The molecule has 1 saturated heterocycles. The fourth-order valence-electron chi connectivity index (χ4n) is 6.29. The van der Waals surface area contributed by atoms with Gasteiger partial charge in [0.1, 0.15) is 0 Å². The minimum absolute atomic E-state index is 0.0371. The molecule has 0 bridgehead atoms. The van der Waals surface area contributed by atoms with Gasteiger partial charge in [-0.1, -0.05) is 43.5 Å². The molecule has 1 atom stereocenters. The second kappa shape index (κ2) is 12.8. The van der Waals surface area contributed by atoms with E-state index in [1.807, 2.05) is 0 Å². The number of aromatic nitrogens is 2. The van der Waals surface area contributed by atoms with E-state index in [1.54, 1.807) is 28.9 Å². The summed E-state index contributed by atoms with van der Waals surface area (Å²) < 4.78 is 30.9. The second-order valence-corrected chi connectivity index (χ2v) is 12.0. The van der Waals surface area contributed by atoms with E-state index >= 15 is 0 Å². The van der Waals surface area contributed by atoms with E-state index in [0.717, 1.165) is 71.5 Å². The zero-order valence-corrected chi connectivity index (χ0v) is 23.6. The van der Waals surface area contributed by atoms with Crippen molar-refractivity contribution in [1.82, 2.24) is 25.3 Å². The van der Waals surface area contributed by atoms with E-state index in [0.29, 0.717) is 17.7 Å². The second-order valence-electron chi connectivity index (χ2n) is 12.0. The van der Waals surface area contributed by atoms with Crippen molar-refractivity contribution in [2.24, 2.45) is 0 Å². The Morgan fingerprint density at radius 3 is 2.42 bits per heavy atom. The highest BCUT2D eigenvalue weighted by atomic mass is 19.3. The van der Waals surface area contributed by atoms with Gasteiger partial charge in [0.15, 0.2) is 5.69 Å². The van der Waals surface area contributed by atoms with Crippen molar-refractivity contribution in [3.8, 4) is 11.3 Å². The Hall–Kier alpha value is -2.81. The third-order valence-electron chi connectivity index (χ3n) is 8.79. The van der Waals surface area contributed by atoms with Crippen LogP contribution in [0, 0.1) is 0 Å². The van der Waals surface area contributed by atoms with Crippen LogP contribution in [0.15, 0.2) is 30.3 Å². The van der Waals surface area contributed by atoms with Gasteiger partial charge < -0.3 is 15.5 Å². The number of hydrogen-bond donors (Lipinski definition) is 2. The zero-order valence-electron chi connectivity index (χ0n) is 23.6. The molecule has 0 radical (unpaired) electrons. The molecule has 2 amide bonds. The summed E-state index contributed by atoms with van der Waals surface area (Å²) in [5.41, 5.74) is 1.07. The number of nitrogens with one attached hydrogen (secondary N) is 2. The highest BCUT2D eigenvalue weighted by Crippen LogP contribution is 2.39. The first-order valence-corrected chi connectivity index (χ1v) is 15.2. The Morgan fingerprint density at radius 2 is 1.75 bits per heavy atom. The predicted molar refractivity (Wildman–Crippen MR) is 151 cm³/mol. The number of rotatable bonds is 11. The number of benzene rings is 1. The van der Waals surface area contributed by atoms with E-state index in [2.05, 4.69) is 15.5 Å². The molecular weight excluding hydrogens is 512 g/mol. The van der Waals surface area contributed by atoms with Crippen molar-refractivity contribution in [1.29, 1.82) is 0 Å². The van der Waals surface area contributed by atoms with Crippen LogP contribution in [0.2, 0.25) is 0 Å². The first-order valence-electron chi connectivity index (χ1n) is 15.2. The first kappa shape index (κ1) is 28.7. The fourth-order valence-corrected chi connectivity index (χ4v) is 6.29. The molecule has 2 heterocycles. The molecule has 2 N–H and O–H groups in total. The van der Waals surface area contributed by atoms with Crippen LogP contribution in [0.1, 0.15) is 106 Å². The summed E-state index contributed by atoms with van der Waals surface area (Å²) in [5, 5.41) is 10.9. The molecule has 1 unspecified atom stereocenters. The van der Waals surface area contributed by atoms with Crippen LogP contribution in [0.3, 0.4) is 0 Å². The van der Waals surface area contributed by atoms with Gasteiger partial charge in [0, 0.05) is 43.1 Å². The predicted octanol–water partition coefficient (Wildman–Crippen LogP) is 5.81. The highest BCUT2D eigenvalue weighted by Gasteiger charge is 2.32. The molecule has 5 rings (SSSR count). The number of alkyl halides is 2. The van der Waals surface area contributed by atoms with Gasteiger partial charge in [0.2, 0.25) is 5.91 Å². The van der Waals surface area contributed by atoms with E-state index in [4.69, 9.17) is 5.10 Å². The van der Waals surface area contributed by atoms with Gasteiger partial charge in [-0.15, -0.1) is 0 Å². The summed E-state index contributed by atoms with van der Waals surface area (Å²) in [6, 6.07) is 8.11. The minimum atomic E-state index is -3.03. The molecule has 0 spiro atoms. The van der Waals surface area contributed by atoms with Gasteiger partial charge in [0.25, 0.3) is 11.8 Å². The molecule has 218 valence electrons. The number of halogens is 2. The Kier molecular flexibility index (Phi) is 9.18. The van der Waals surface area contributed by atoms with Crippen molar-refractivity contribution < 1.29 is 18.4 Å². The Labute approximate surface area is 236 Å². The Morgan fingerprint density at radius 1 is 1.02 bits per heavy atom. The van der Waals surface area contributed by atoms with Crippen molar-refractivity contribution in [3.63, 3.8) is 0 Å². The van der Waals surface area contributed by atoms with Crippen LogP contribution < -0.4 is 10.6 Å². The van der Waals surface area contributed by atoms with Crippen molar-refractivity contribution >= 4 is 11.8 Å². The van der Waals surface area contributed by atoms with Gasteiger partial charge in [-0.25, -0.2) is 8.78 Å². The molecule has 2 aromatic rings. The zero-order chi connectivity index (χ0) is 28.1. The average molecular weight is 556 g/mol. The molecule has 9 heteroatoms. The molecule has 40 heavy (non-hydrogen) atoms. The molecule has 7 nitrogen and oxygen atoms in total. The molecule has 3 aliphatic rings. The third kappa shape index (κ3) is 7.09. The van der Waals surface area contributed by atoms with Crippen molar-refractivity contribution in [2.75, 3.05) is 19.6 Å². The lowest BCUT2D eigenvalue weighted by atomic mass is 9.93. The quantitative estimate of drug-likeness (QED) is 0.367. The smallest absolute Gasteiger partial charge is 0.272 e. The normalized spacial score (nSPS) is 19.8. The van der Waals surface area contributed by atoms with Crippen molar-refractivity contribution in [2.45, 2.75) is 108 Å². The summed E-state index contributed by atoms with van der Waals surface area (Å²) in [4.78, 5) is 28.8. The van der Waals surface area contributed by atoms with Crippen LogP contribution in [-0.2, 0) is 10.7 Å². The van der Waals surface area contributed by atoms with Gasteiger partial charge in [-0.05, 0) is 70.5 Å². The van der Waals surface area contributed by atoms with E-state index < -0.39 is 5.92 Å². The third-order valence-corrected chi connectivity index (χ3v) is 8.79. The maximum atomic E-state index is 14.6. The molecule has 2 aliphatic carbocycles. The standard InChI is InChI=1S/C31H43F2N5O2/c1-31(32,33)26-15-6-5-14-25(26)28-21-27(36-38(28)24-12-3-4-13-24)30(40)35-23(16-19-37-17-7-2-8-18-37)20-29(39)34-22-10-9-11-22/h5-6,14-15,21-24H,2-4,7-13,16-20H2,1H3,(H,34,39)(H,35,40). The summed E-state index contributed by atoms with van der Waals surface area (Å²) in [6.07, 6.45) is 11.6. The number of carbonyl (C=O) groups is 2. The van der Waals surface area contributed by atoms with Crippen LogP contribution in [-0.4, -0.2) is 58.2 Å². The number of nitrogens with zero attached hydrogens (tertiary/aromatic N) is 3. The highest BCUT2D eigenvalue weighted by molar-refractivity contribution is 5.94. The first-order chi connectivity index (χ1) is 19.3. The average Bonchev–Trinajstić information content (AvgIpc) is 3.60. The topological polar surface area (TPSA) is 79.3 Å². The molecule has 2 saturated carbocycles. The lowest BCUT2D eigenvalue weighted by Gasteiger charge is -2.29.